The van der Waals surface area contributed by atoms with E-state index in [1.807, 2.05) is 23.1 Å². The van der Waals surface area contributed by atoms with Gasteiger partial charge in [-0.3, -0.25) is 9.59 Å². The summed E-state index contributed by atoms with van der Waals surface area (Å²) in [6.45, 7) is 2.07. The van der Waals surface area contributed by atoms with Crippen LogP contribution in [0.15, 0.2) is 42.5 Å². The summed E-state index contributed by atoms with van der Waals surface area (Å²) in [5, 5.41) is 2.35. The normalized spacial score (nSPS) is 25.7. The number of rotatable bonds is 2. The van der Waals surface area contributed by atoms with Crippen molar-refractivity contribution in [1.29, 1.82) is 0 Å². The molecule has 3 heteroatoms. The summed E-state index contributed by atoms with van der Waals surface area (Å²) in [6, 6.07) is 14.4. The van der Waals surface area contributed by atoms with E-state index in [-0.39, 0.29) is 17.7 Å². The number of ketones is 1. The molecule has 1 spiro atoms. The zero-order valence-corrected chi connectivity index (χ0v) is 13.4. The van der Waals surface area contributed by atoms with Crippen molar-refractivity contribution in [1.82, 2.24) is 4.90 Å². The predicted octanol–water partition coefficient (Wildman–Crippen LogP) is 4.02. The molecule has 3 nitrogen and oxygen atoms in total. The molecule has 2 aromatic rings. The van der Waals surface area contributed by atoms with E-state index in [1.54, 1.807) is 0 Å². The molecule has 118 valence electrons. The quantitative estimate of drug-likeness (QED) is 0.840. The summed E-state index contributed by atoms with van der Waals surface area (Å²) in [5.74, 6) is 0.385. The van der Waals surface area contributed by atoms with Crippen molar-refractivity contribution in [3.63, 3.8) is 0 Å². The molecule has 4 rings (SSSR count). The van der Waals surface area contributed by atoms with Crippen molar-refractivity contribution >= 4 is 22.5 Å². The number of carbonyl (C=O) groups is 2. The summed E-state index contributed by atoms with van der Waals surface area (Å²) >= 11 is 0. The van der Waals surface area contributed by atoms with E-state index in [0.29, 0.717) is 19.3 Å². The van der Waals surface area contributed by atoms with E-state index in [4.69, 9.17) is 0 Å². The smallest absolute Gasteiger partial charge is 0.224 e. The maximum absolute atomic E-state index is 12.6. The van der Waals surface area contributed by atoms with Crippen LogP contribution in [0.4, 0.5) is 0 Å². The van der Waals surface area contributed by atoms with E-state index in [2.05, 4.69) is 31.2 Å². The molecule has 23 heavy (non-hydrogen) atoms. The number of Topliss-reactive ketones (excluding diaryl/α,β-unsaturated/α-hetero) is 1. The van der Waals surface area contributed by atoms with Crippen LogP contribution in [-0.2, 0) is 9.59 Å². The van der Waals surface area contributed by atoms with Gasteiger partial charge in [0.1, 0.15) is 5.54 Å². The zero-order chi connectivity index (χ0) is 16.0. The number of amides is 1. The maximum atomic E-state index is 12.6. The van der Waals surface area contributed by atoms with Gasteiger partial charge in [0, 0.05) is 12.8 Å². The number of benzene rings is 2. The highest BCUT2D eigenvalue weighted by molar-refractivity contribution is 5.98. The molecule has 0 N–H and O–H groups in total. The first kappa shape index (κ1) is 14.4. The fraction of sp³-hybridized carbons (Fsp3) is 0.400. The number of nitrogens with zero attached hydrogens (tertiary/aromatic N) is 1. The van der Waals surface area contributed by atoms with Crippen LogP contribution < -0.4 is 0 Å². The lowest BCUT2D eigenvalue weighted by Crippen LogP contribution is -2.50. The zero-order valence-electron chi connectivity index (χ0n) is 13.4. The van der Waals surface area contributed by atoms with Gasteiger partial charge < -0.3 is 4.90 Å². The molecule has 1 aliphatic carbocycles. The van der Waals surface area contributed by atoms with Gasteiger partial charge in [0.2, 0.25) is 5.91 Å². The van der Waals surface area contributed by atoms with Crippen LogP contribution in [0.2, 0.25) is 0 Å². The minimum Gasteiger partial charge on any atom is -0.323 e. The van der Waals surface area contributed by atoms with E-state index in [0.717, 1.165) is 18.4 Å². The summed E-state index contributed by atoms with van der Waals surface area (Å²) in [6.07, 6.45) is 3.55. The van der Waals surface area contributed by atoms with Crippen molar-refractivity contribution in [3.05, 3.63) is 48.0 Å². The van der Waals surface area contributed by atoms with Crippen LogP contribution in [0.25, 0.3) is 10.8 Å². The molecule has 0 radical (unpaired) electrons. The molecule has 1 amide bonds. The van der Waals surface area contributed by atoms with Crippen molar-refractivity contribution in [2.75, 3.05) is 0 Å². The first-order chi connectivity index (χ1) is 11.1. The second kappa shape index (κ2) is 5.19. The highest BCUT2D eigenvalue weighted by atomic mass is 16.2. The lowest BCUT2D eigenvalue weighted by Gasteiger charge is -2.38. The summed E-state index contributed by atoms with van der Waals surface area (Å²) in [5.41, 5.74) is 0.602. The van der Waals surface area contributed by atoms with E-state index in [9.17, 15) is 9.59 Å². The Kier molecular flexibility index (Phi) is 3.26. The molecular formula is C20H21NO2. The molecule has 2 aromatic carbocycles. The second-order valence-electron chi connectivity index (χ2n) is 6.82. The highest BCUT2D eigenvalue weighted by Gasteiger charge is 2.54. The van der Waals surface area contributed by atoms with E-state index < -0.39 is 5.54 Å². The Hall–Kier alpha value is -2.16. The van der Waals surface area contributed by atoms with Crippen LogP contribution in [0.5, 0.6) is 0 Å². The van der Waals surface area contributed by atoms with Gasteiger partial charge in [-0.1, -0.05) is 42.5 Å². The Labute approximate surface area is 136 Å². The fourth-order valence-electron chi connectivity index (χ4n) is 4.57. The average Bonchev–Trinajstić information content (AvgIpc) is 3.10. The Morgan fingerprint density at radius 3 is 2.57 bits per heavy atom. The van der Waals surface area contributed by atoms with Gasteiger partial charge in [0.15, 0.2) is 5.78 Å². The molecule has 2 aliphatic rings. The number of fused-ring (bicyclic) bond motifs is 1. The Balaban J connectivity index is 1.82. The molecule has 0 aromatic heterocycles. The van der Waals surface area contributed by atoms with Crippen LogP contribution in [0.3, 0.4) is 0 Å². The molecule has 1 saturated carbocycles. The highest BCUT2D eigenvalue weighted by Crippen LogP contribution is 2.46. The Bertz CT molecular complexity index is 792. The van der Waals surface area contributed by atoms with Gasteiger partial charge in [0.25, 0.3) is 0 Å². The topological polar surface area (TPSA) is 37.4 Å². The third kappa shape index (κ3) is 2.03. The van der Waals surface area contributed by atoms with Crippen LogP contribution in [0, 0.1) is 0 Å². The van der Waals surface area contributed by atoms with Crippen molar-refractivity contribution in [3.8, 4) is 0 Å². The average molecular weight is 307 g/mol. The molecule has 1 saturated heterocycles. The third-order valence-electron chi connectivity index (χ3n) is 5.66. The molecule has 1 heterocycles. The fourth-order valence-corrected chi connectivity index (χ4v) is 4.57. The van der Waals surface area contributed by atoms with Crippen LogP contribution in [0.1, 0.15) is 50.6 Å². The van der Waals surface area contributed by atoms with Crippen molar-refractivity contribution < 1.29 is 9.59 Å². The second-order valence-corrected chi connectivity index (χ2v) is 6.82. The lowest BCUT2D eigenvalue weighted by molar-refractivity contribution is -0.141. The summed E-state index contributed by atoms with van der Waals surface area (Å²) in [7, 11) is 0. The van der Waals surface area contributed by atoms with Gasteiger partial charge in [0.05, 0.1) is 6.04 Å². The first-order valence-electron chi connectivity index (χ1n) is 8.47. The SMILES string of the molecule is C[C@@H](c1cccc2ccccc12)N1C(=O)CC[C@@]12CCCC2=O. The summed E-state index contributed by atoms with van der Waals surface area (Å²) in [4.78, 5) is 27.1. The lowest BCUT2D eigenvalue weighted by atomic mass is 9.90. The predicted molar refractivity (Wildman–Crippen MR) is 90.0 cm³/mol. The van der Waals surface area contributed by atoms with Crippen molar-refractivity contribution in [2.45, 2.75) is 50.6 Å². The maximum Gasteiger partial charge on any atom is 0.224 e. The minimum atomic E-state index is -0.534. The number of hydrogen-bond donors (Lipinski definition) is 0. The van der Waals surface area contributed by atoms with Crippen LogP contribution >= 0.6 is 0 Å². The molecule has 0 bridgehead atoms. The van der Waals surface area contributed by atoms with Gasteiger partial charge in [-0.25, -0.2) is 0 Å². The molecule has 2 fully saturated rings. The molecular weight excluding hydrogens is 286 g/mol. The van der Waals surface area contributed by atoms with Crippen molar-refractivity contribution in [2.24, 2.45) is 0 Å². The largest absolute Gasteiger partial charge is 0.323 e. The summed E-state index contributed by atoms with van der Waals surface area (Å²) < 4.78 is 0. The van der Waals surface area contributed by atoms with E-state index in [1.165, 1.54) is 10.8 Å². The van der Waals surface area contributed by atoms with E-state index >= 15 is 0 Å². The number of likely N-dealkylation sites (tertiary alicyclic amines) is 1. The van der Waals surface area contributed by atoms with Gasteiger partial charge >= 0.3 is 0 Å². The standard InChI is InChI=1S/C20H21NO2/c1-14(16-9-4-7-15-6-2-3-8-17(15)16)21-19(23)11-13-20(21)12-5-10-18(20)22/h2-4,6-9,14H,5,10-13H2,1H3/t14-,20+/m0/s1. The molecule has 1 aliphatic heterocycles. The number of carbonyl (C=O) groups excluding carboxylic acids is 2. The molecule has 2 atom stereocenters. The Morgan fingerprint density at radius 2 is 1.78 bits per heavy atom. The van der Waals surface area contributed by atoms with Gasteiger partial charge in [-0.05, 0) is 42.5 Å². The van der Waals surface area contributed by atoms with Crippen LogP contribution in [-0.4, -0.2) is 22.1 Å². The minimum absolute atomic E-state index is 0.0712. The third-order valence-corrected chi connectivity index (χ3v) is 5.66. The first-order valence-corrected chi connectivity index (χ1v) is 8.47. The monoisotopic (exact) mass is 307 g/mol. The van der Waals surface area contributed by atoms with Gasteiger partial charge in [-0.15, -0.1) is 0 Å². The molecule has 0 unspecified atom stereocenters. The Morgan fingerprint density at radius 1 is 1.00 bits per heavy atom. The number of hydrogen-bond acceptors (Lipinski definition) is 2. The van der Waals surface area contributed by atoms with Gasteiger partial charge in [-0.2, -0.15) is 0 Å².